The Kier molecular flexibility index (Phi) is 52.8. The molecule has 3 unspecified atom stereocenters. The molecular formula is C64H122N2O7P+. The number of carbonyl (C=O) groups excluding carboxylic acids is 2. The van der Waals surface area contributed by atoms with Crippen LogP contribution in [0.25, 0.3) is 0 Å². The van der Waals surface area contributed by atoms with Gasteiger partial charge < -0.3 is 19.4 Å². The second kappa shape index (κ2) is 54.3. The lowest BCUT2D eigenvalue weighted by molar-refractivity contribution is -0.870. The number of hydrogen-bond acceptors (Lipinski definition) is 6. The average Bonchev–Trinajstić information content (AvgIpc) is 3.36. The molecule has 0 aromatic heterocycles. The van der Waals surface area contributed by atoms with Crippen LogP contribution in [0.4, 0.5) is 0 Å². The summed E-state index contributed by atoms with van der Waals surface area (Å²) >= 11 is 0. The quantitative estimate of drug-likeness (QED) is 0.0205. The van der Waals surface area contributed by atoms with Crippen molar-refractivity contribution in [1.82, 2.24) is 5.32 Å². The summed E-state index contributed by atoms with van der Waals surface area (Å²) in [5, 5.41) is 3.06. The molecule has 434 valence electrons. The summed E-state index contributed by atoms with van der Waals surface area (Å²) in [6.07, 6.45) is 66.7. The van der Waals surface area contributed by atoms with Gasteiger partial charge in [0.15, 0.2) is 0 Å². The summed E-state index contributed by atoms with van der Waals surface area (Å²) < 4.78 is 30.7. The molecule has 9 nitrogen and oxygen atoms in total. The first-order valence-electron chi connectivity index (χ1n) is 31.5. The largest absolute Gasteiger partial charge is 0.472 e. The molecule has 0 spiro atoms. The van der Waals surface area contributed by atoms with Crippen molar-refractivity contribution < 1.29 is 37.3 Å². The molecule has 0 aromatic carbocycles. The molecule has 0 aliphatic rings. The standard InChI is InChI=1S/C64H121N2O7P/c1-7-10-13-16-19-22-25-28-30-31-32-33-34-35-37-39-42-45-48-51-54-57-64(68)73-62(55-52-49-46-43-40-27-24-21-18-15-12-9-3)61(60-72-74(69,70)71-59-58-66(4,5)6)65-63(67)56-53-50-47-44-41-38-36-29-26-23-20-17-14-11-8-2/h19,22,28,30,32-33,52,55,61-62H,7-18,20-21,23-27,29,31,34-51,53-54,56-60H2,1-6H3,(H-,65,67,69,70)/p+1/b22-19-,30-28-,33-32-,55-52+. The topological polar surface area (TPSA) is 111 Å². The van der Waals surface area contributed by atoms with Crippen LogP contribution < -0.4 is 5.32 Å². The second-order valence-corrected chi connectivity index (χ2v) is 24.0. The molecule has 0 rings (SSSR count). The van der Waals surface area contributed by atoms with E-state index in [0.29, 0.717) is 17.4 Å². The van der Waals surface area contributed by atoms with Crippen LogP contribution in [0.1, 0.15) is 297 Å². The monoisotopic (exact) mass is 1060 g/mol. The predicted molar refractivity (Wildman–Crippen MR) is 319 cm³/mol. The zero-order chi connectivity index (χ0) is 54.3. The highest BCUT2D eigenvalue weighted by Gasteiger charge is 2.30. The maximum Gasteiger partial charge on any atom is 0.472 e. The number of hydrogen-bond donors (Lipinski definition) is 2. The third-order valence-electron chi connectivity index (χ3n) is 14.0. The normalized spacial score (nSPS) is 14.0. The van der Waals surface area contributed by atoms with E-state index in [1.165, 1.54) is 180 Å². The lowest BCUT2D eigenvalue weighted by Crippen LogP contribution is -2.47. The minimum atomic E-state index is -4.45. The lowest BCUT2D eigenvalue weighted by Gasteiger charge is -2.27. The van der Waals surface area contributed by atoms with Crippen LogP contribution in [0, 0.1) is 0 Å². The van der Waals surface area contributed by atoms with Gasteiger partial charge in [-0.05, 0) is 70.3 Å². The Labute approximate surface area is 458 Å². The Morgan fingerprint density at radius 2 is 0.824 bits per heavy atom. The van der Waals surface area contributed by atoms with Crippen molar-refractivity contribution in [3.8, 4) is 0 Å². The Bertz CT molecular complexity index is 1410. The Balaban J connectivity index is 5.22. The van der Waals surface area contributed by atoms with Crippen molar-refractivity contribution >= 4 is 19.7 Å². The lowest BCUT2D eigenvalue weighted by atomic mass is 10.0. The summed E-state index contributed by atoms with van der Waals surface area (Å²) in [5.41, 5.74) is 0. The van der Waals surface area contributed by atoms with Crippen LogP contribution in [0.15, 0.2) is 48.6 Å². The highest BCUT2D eigenvalue weighted by Crippen LogP contribution is 2.43. The fourth-order valence-corrected chi connectivity index (χ4v) is 9.86. The molecule has 3 atom stereocenters. The maximum absolute atomic E-state index is 13.5. The van der Waals surface area contributed by atoms with Gasteiger partial charge in [0, 0.05) is 12.8 Å². The van der Waals surface area contributed by atoms with Gasteiger partial charge in [-0.1, -0.05) is 262 Å². The molecule has 10 heteroatoms. The number of phosphoric ester groups is 1. The van der Waals surface area contributed by atoms with Crippen molar-refractivity contribution in [2.45, 2.75) is 309 Å². The Morgan fingerprint density at radius 3 is 1.26 bits per heavy atom. The van der Waals surface area contributed by atoms with Gasteiger partial charge >= 0.3 is 13.8 Å². The molecule has 0 aliphatic heterocycles. The van der Waals surface area contributed by atoms with Crippen molar-refractivity contribution in [2.24, 2.45) is 0 Å². The van der Waals surface area contributed by atoms with E-state index in [9.17, 15) is 19.0 Å². The summed E-state index contributed by atoms with van der Waals surface area (Å²) in [6.45, 7) is 7.01. The van der Waals surface area contributed by atoms with Crippen LogP contribution in [-0.4, -0.2) is 74.3 Å². The fourth-order valence-electron chi connectivity index (χ4n) is 9.12. The van der Waals surface area contributed by atoms with Gasteiger partial charge in [0.1, 0.15) is 19.3 Å². The number of ether oxygens (including phenoxy) is 1. The van der Waals surface area contributed by atoms with Crippen molar-refractivity contribution in [3.05, 3.63) is 48.6 Å². The number of quaternary nitrogens is 1. The van der Waals surface area contributed by atoms with Crippen LogP contribution in [0.5, 0.6) is 0 Å². The maximum atomic E-state index is 13.5. The number of esters is 1. The number of amides is 1. The van der Waals surface area contributed by atoms with Crippen LogP contribution >= 0.6 is 7.82 Å². The summed E-state index contributed by atoms with van der Waals surface area (Å²) in [7, 11) is 1.50. The molecule has 0 aliphatic carbocycles. The van der Waals surface area contributed by atoms with Crippen molar-refractivity contribution in [1.29, 1.82) is 0 Å². The molecule has 0 aromatic rings. The molecule has 74 heavy (non-hydrogen) atoms. The van der Waals surface area contributed by atoms with Gasteiger partial charge in [0.2, 0.25) is 5.91 Å². The third-order valence-corrected chi connectivity index (χ3v) is 15.0. The van der Waals surface area contributed by atoms with Crippen molar-refractivity contribution in [3.63, 3.8) is 0 Å². The number of unbranched alkanes of at least 4 members (excludes halogenated alkanes) is 35. The van der Waals surface area contributed by atoms with E-state index in [4.69, 9.17) is 13.8 Å². The van der Waals surface area contributed by atoms with E-state index in [1.807, 2.05) is 33.3 Å². The summed E-state index contributed by atoms with van der Waals surface area (Å²) in [4.78, 5) is 37.7. The minimum absolute atomic E-state index is 0.0402. The molecule has 0 fully saturated rings. The van der Waals surface area contributed by atoms with Crippen LogP contribution in [-0.2, 0) is 27.9 Å². The molecule has 0 radical (unpaired) electrons. The van der Waals surface area contributed by atoms with Crippen LogP contribution in [0.2, 0.25) is 0 Å². The highest BCUT2D eigenvalue weighted by molar-refractivity contribution is 7.47. The molecular weight excluding hydrogens is 940 g/mol. The fraction of sp³-hybridized carbons (Fsp3) is 0.844. The number of rotatable bonds is 57. The first-order chi connectivity index (χ1) is 35.9. The zero-order valence-electron chi connectivity index (χ0n) is 49.6. The molecule has 0 bridgehead atoms. The predicted octanol–water partition coefficient (Wildman–Crippen LogP) is 19.3. The Hall–Kier alpha value is -2.03. The van der Waals surface area contributed by atoms with Gasteiger partial charge in [0.25, 0.3) is 0 Å². The summed E-state index contributed by atoms with van der Waals surface area (Å²) in [5.74, 6) is -0.503. The van der Waals surface area contributed by atoms with E-state index >= 15 is 0 Å². The smallest absolute Gasteiger partial charge is 0.456 e. The highest BCUT2D eigenvalue weighted by atomic mass is 31.2. The van der Waals surface area contributed by atoms with Gasteiger partial charge in [0.05, 0.1) is 33.8 Å². The number of nitrogens with one attached hydrogen (secondary N) is 1. The minimum Gasteiger partial charge on any atom is -0.456 e. The number of phosphoric acid groups is 1. The second-order valence-electron chi connectivity index (χ2n) is 22.6. The first kappa shape index (κ1) is 72.0. The van der Waals surface area contributed by atoms with Crippen molar-refractivity contribution in [2.75, 3.05) is 40.9 Å². The third kappa shape index (κ3) is 54.7. The van der Waals surface area contributed by atoms with E-state index in [0.717, 1.165) is 83.5 Å². The number of carbonyl (C=O) groups is 2. The van der Waals surface area contributed by atoms with Gasteiger partial charge in [-0.3, -0.25) is 18.6 Å². The van der Waals surface area contributed by atoms with Gasteiger partial charge in [-0.25, -0.2) is 4.57 Å². The number of likely N-dealkylation sites (N-methyl/N-ethyl adjacent to an activating group) is 1. The zero-order valence-corrected chi connectivity index (χ0v) is 50.5. The molecule has 0 saturated heterocycles. The van der Waals surface area contributed by atoms with E-state index in [-0.39, 0.29) is 31.5 Å². The van der Waals surface area contributed by atoms with Gasteiger partial charge in [-0.15, -0.1) is 0 Å². The Morgan fingerprint density at radius 1 is 0.473 bits per heavy atom. The molecule has 0 saturated carbocycles. The van der Waals surface area contributed by atoms with E-state index in [2.05, 4.69) is 62.5 Å². The van der Waals surface area contributed by atoms with Crippen LogP contribution in [0.3, 0.4) is 0 Å². The first-order valence-corrected chi connectivity index (χ1v) is 33.0. The average molecular weight is 1060 g/mol. The van der Waals surface area contributed by atoms with Gasteiger partial charge in [-0.2, -0.15) is 0 Å². The number of allylic oxidation sites excluding steroid dienone is 7. The molecule has 1 amide bonds. The van der Waals surface area contributed by atoms with E-state index < -0.39 is 20.0 Å². The SMILES string of the molecule is CCCCC/C=C\C/C=C\C/C=C\CCCCCCCCCCC(=O)OC(/C=C/CCCCCCCCCCCC)C(COP(=O)(O)OCC[N+](C)(C)C)NC(=O)CCCCCCCCCCCCCCCCC. The van der Waals surface area contributed by atoms with E-state index in [1.54, 1.807) is 0 Å². The summed E-state index contributed by atoms with van der Waals surface area (Å²) in [6, 6.07) is -0.848. The molecule has 2 N–H and O–H groups in total. The number of nitrogens with zero attached hydrogens (tertiary/aromatic N) is 1. The molecule has 0 heterocycles.